The number of rotatable bonds is 0. The first-order chi connectivity index (χ1) is 3.80. The molecule has 2 N–H and O–H groups in total. The Balaban J connectivity index is 2.93. The van der Waals surface area contributed by atoms with Crippen LogP contribution in [0.1, 0.15) is 0 Å². The molecular formula is C5H5GaO2. The van der Waals surface area contributed by atoms with E-state index in [1.165, 1.54) is 6.08 Å². The third-order valence-electron chi connectivity index (χ3n) is 0.882. The number of hydrogen-bond acceptors (Lipinski definition) is 2. The van der Waals surface area contributed by atoms with Crippen molar-refractivity contribution >= 4 is 21.2 Å². The first-order valence-electron chi connectivity index (χ1n) is 2.27. The fourth-order valence-corrected chi connectivity index (χ4v) is 1.87. The van der Waals surface area contributed by atoms with Crippen molar-refractivity contribution in [2.24, 2.45) is 0 Å². The molecule has 0 spiro atoms. The van der Waals surface area contributed by atoms with Crippen molar-refractivity contribution in [2.75, 3.05) is 0 Å². The number of hydrogen-bond donors (Lipinski definition) is 2. The van der Waals surface area contributed by atoms with Gasteiger partial charge < -0.3 is 0 Å². The van der Waals surface area contributed by atoms with Crippen LogP contribution in [0, 0.1) is 0 Å². The molecule has 0 unspecified atom stereocenters. The van der Waals surface area contributed by atoms with Crippen LogP contribution >= 0.6 is 0 Å². The molecule has 1 rings (SSSR count). The van der Waals surface area contributed by atoms with E-state index in [9.17, 15) is 0 Å². The van der Waals surface area contributed by atoms with Crippen molar-refractivity contribution in [1.82, 2.24) is 0 Å². The molecule has 1 aliphatic heterocycles. The van der Waals surface area contributed by atoms with Gasteiger partial charge in [0.05, 0.1) is 0 Å². The van der Waals surface area contributed by atoms with E-state index >= 15 is 0 Å². The molecule has 0 atom stereocenters. The second-order valence-electron chi connectivity index (χ2n) is 1.49. The maximum atomic E-state index is 8.79. The van der Waals surface area contributed by atoms with Gasteiger partial charge in [-0.05, 0) is 0 Å². The summed E-state index contributed by atoms with van der Waals surface area (Å²) in [6.07, 6.45) is 3.27. The molecule has 0 aromatic heterocycles. The standard InChI is InChI=1S/C5H5O2.Ga/c1-2-3-5(7)4-6;/h1-3,6-7H;. The molecular weight excluding hydrogens is 162 g/mol. The number of aliphatic hydroxyl groups is 2. The van der Waals surface area contributed by atoms with Gasteiger partial charge >= 0.3 is 54.0 Å². The molecule has 1 heterocycles. The number of aliphatic hydroxyl groups excluding tert-OH is 2. The van der Waals surface area contributed by atoms with Crippen LogP contribution in [-0.4, -0.2) is 31.4 Å². The zero-order valence-electron chi connectivity index (χ0n) is 4.20. The minimum absolute atomic E-state index is 0.0486. The van der Waals surface area contributed by atoms with Crippen LogP contribution in [0.15, 0.2) is 22.5 Å². The van der Waals surface area contributed by atoms with Crippen LogP contribution in [-0.2, 0) is 0 Å². The predicted octanol–water partition coefficient (Wildman–Crippen LogP) is 0.162. The average molecular weight is 167 g/mol. The van der Waals surface area contributed by atoms with Crippen LogP contribution in [0.4, 0.5) is 0 Å². The van der Waals surface area contributed by atoms with Crippen molar-refractivity contribution in [1.29, 1.82) is 0 Å². The third-order valence-corrected chi connectivity index (χ3v) is 3.03. The molecule has 0 saturated carbocycles. The normalized spacial score (nSPS) is 16.5. The molecule has 8 heavy (non-hydrogen) atoms. The Labute approximate surface area is 54.4 Å². The van der Waals surface area contributed by atoms with E-state index in [0.717, 1.165) is 0 Å². The molecule has 0 aliphatic carbocycles. The van der Waals surface area contributed by atoms with Gasteiger partial charge in [0.15, 0.2) is 0 Å². The zero-order valence-corrected chi connectivity index (χ0v) is 6.63. The Morgan fingerprint density at radius 1 is 1.38 bits per heavy atom. The average Bonchev–Trinajstić information content (AvgIpc) is 1.77. The molecule has 0 aromatic carbocycles. The van der Waals surface area contributed by atoms with Gasteiger partial charge in [-0.1, -0.05) is 0 Å². The molecule has 0 amide bonds. The maximum absolute atomic E-state index is 8.79. The Bertz CT molecular complexity index is 159. The van der Waals surface area contributed by atoms with E-state index in [0.29, 0.717) is 0 Å². The van der Waals surface area contributed by atoms with Crippen molar-refractivity contribution < 1.29 is 10.2 Å². The summed E-state index contributed by atoms with van der Waals surface area (Å²) in [7, 11) is 0. The van der Waals surface area contributed by atoms with Gasteiger partial charge in [-0.25, -0.2) is 0 Å². The second kappa shape index (κ2) is 2.24. The molecule has 2 nitrogen and oxygen atoms in total. The molecule has 1 aliphatic rings. The summed E-state index contributed by atoms with van der Waals surface area (Å²) >= 11 is -0.777. The van der Waals surface area contributed by atoms with Crippen molar-refractivity contribution in [3.63, 3.8) is 0 Å². The summed E-state index contributed by atoms with van der Waals surface area (Å²) in [5.74, 6) is 0.0486. The van der Waals surface area contributed by atoms with Gasteiger partial charge in [0, 0.05) is 0 Å². The summed E-state index contributed by atoms with van der Waals surface area (Å²) < 4.78 is 2.13. The minimum atomic E-state index is -0.777. The summed E-state index contributed by atoms with van der Waals surface area (Å²) in [6.45, 7) is 0. The fourth-order valence-electron chi connectivity index (χ4n) is 0.464. The van der Waals surface area contributed by atoms with Gasteiger partial charge in [0.2, 0.25) is 0 Å². The van der Waals surface area contributed by atoms with Crippen molar-refractivity contribution in [2.45, 2.75) is 0 Å². The molecule has 0 bridgehead atoms. The number of allylic oxidation sites excluding steroid dienone is 2. The molecule has 0 fully saturated rings. The fraction of sp³-hybridized carbons (Fsp3) is 0. The predicted molar refractivity (Wildman–Crippen MR) is 32.5 cm³/mol. The first-order valence-corrected chi connectivity index (χ1v) is 4.88. The van der Waals surface area contributed by atoms with E-state index in [1.807, 2.05) is 4.63 Å². The van der Waals surface area contributed by atoms with Gasteiger partial charge in [-0.3, -0.25) is 0 Å². The van der Waals surface area contributed by atoms with Crippen LogP contribution in [0.2, 0.25) is 0 Å². The molecule has 0 aromatic rings. The van der Waals surface area contributed by atoms with E-state index in [4.69, 9.17) is 10.2 Å². The molecule has 40 valence electrons. The van der Waals surface area contributed by atoms with Gasteiger partial charge in [-0.2, -0.15) is 0 Å². The van der Waals surface area contributed by atoms with Crippen LogP contribution in [0.3, 0.4) is 0 Å². The Hall–Kier alpha value is -0.414. The van der Waals surface area contributed by atoms with Crippen molar-refractivity contribution in [3.8, 4) is 0 Å². The summed E-state index contributed by atoms with van der Waals surface area (Å²) in [5.41, 5.74) is 0. The molecule has 3 heteroatoms. The van der Waals surface area contributed by atoms with Crippen LogP contribution < -0.4 is 0 Å². The first kappa shape index (κ1) is 5.72. The Morgan fingerprint density at radius 2 is 2.12 bits per heavy atom. The van der Waals surface area contributed by atoms with E-state index in [2.05, 4.69) is 0 Å². The molecule has 0 saturated heterocycles. The Kier molecular flexibility index (Phi) is 1.60. The van der Waals surface area contributed by atoms with E-state index in [-0.39, 0.29) is 10.0 Å². The molecule has 0 radical (unpaired) electrons. The summed E-state index contributed by atoms with van der Waals surface area (Å²) in [5, 5.41) is 17.5. The topological polar surface area (TPSA) is 40.5 Å². The quantitative estimate of drug-likeness (QED) is 0.504. The van der Waals surface area contributed by atoms with Crippen LogP contribution in [0.25, 0.3) is 0 Å². The van der Waals surface area contributed by atoms with Gasteiger partial charge in [-0.15, -0.1) is 0 Å². The monoisotopic (exact) mass is 166 g/mol. The zero-order chi connectivity index (χ0) is 5.98. The van der Waals surface area contributed by atoms with Crippen molar-refractivity contribution in [3.05, 3.63) is 22.5 Å². The SMILES string of the molecule is OC1=CC=[CH][Ga]=[C]1O. The second-order valence-corrected chi connectivity index (χ2v) is 4.14. The summed E-state index contributed by atoms with van der Waals surface area (Å²) in [4.78, 5) is 0. The van der Waals surface area contributed by atoms with Gasteiger partial charge in [0.1, 0.15) is 0 Å². The van der Waals surface area contributed by atoms with Crippen LogP contribution in [0.5, 0.6) is 0 Å². The van der Waals surface area contributed by atoms with Gasteiger partial charge in [0.25, 0.3) is 0 Å². The van der Waals surface area contributed by atoms with E-state index < -0.39 is 17.0 Å². The summed E-state index contributed by atoms with van der Waals surface area (Å²) in [6, 6.07) is 0. The Morgan fingerprint density at radius 3 is 2.50 bits per heavy atom. The third kappa shape index (κ3) is 1.05. The van der Waals surface area contributed by atoms with E-state index in [1.54, 1.807) is 6.08 Å².